The molecule has 2 unspecified atom stereocenters. The van der Waals surface area contributed by atoms with Gasteiger partial charge in [-0.2, -0.15) is 0 Å². The first kappa shape index (κ1) is 12.6. The van der Waals surface area contributed by atoms with E-state index in [2.05, 4.69) is 31.2 Å². The van der Waals surface area contributed by atoms with Crippen LogP contribution in [0.3, 0.4) is 0 Å². The molecule has 2 nitrogen and oxygen atoms in total. The fourth-order valence-corrected chi connectivity index (χ4v) is 2.46. The highest BCUT2D eigenvalue weighted by atomic mass is 16.5. The Hall–Kier alpha value is -0.860. The number of hydrogen-bond acceptors (Lipinski definition) is 2. The van der Waals surface area contributed by atoms with Gasteiger partial charge in [0.25, 0.3) is 0 Å². The molecule has 2 rings (SSSR count). The van der Waals surface area contributed by atoms with Crippen LogP contribution in [0.2, 0.25) is 0 Å². The van der Waals surface area contributed by atoms with Gasteiger partial charge >= 0.3 is 0 Å². The van der Waals surface area contributed by atoms with Crippen LogP contribution in [-0.2, 0) is 4.74 Å². The zero-order valence-corrected chi connectivity index (χ0v) is 10.6. The largest absolute Gasteiger partial charge is 0.396 e. The van der Waals surface area contributed by atoms with E-state index in [1.54, 1.807) is 0 Å². The number of aryl methyl sites for hydroxylation is 1. The van der Waals surface area contributed by atoms with Crippen molar-refractivity contribution in [2.75, 3.05) is 13.2 Å². The van der Waals surface area contributed by atoms with Gasteiger partial charge in [-0.3, -0.25) is 0 Å². The lowest BCUT2D eigenvalue weighted by Gasteiger charge is -2.17. The lowest BCUT2D eigenvalue weighted by molar-refractivity contribution is 0.0981. The Labute approximate surface area is 104 Å². The van der Waals surface area contributed by atoms with E-state index in [-0.39, 0.29) is 12.5 Å². The minimum absolute atomic E-state index is 0.232. The van der Waals surface area contributed by atoms with E-state index in [0.717, 1.165) is 19.4 Å². The molecule has 0 saturated carbocycles. The maximum absolute atomic E-state index is 9.48. The number of ether oxygens (including phenoxy) is 1. The van der Waals surface area contributed by atoms with Crippen molar-refractivity contribution in [1.82, 2.24) is 0 Å². The summed E-state index contributed by atoms with van der Waals surface area (Å²) in [6, 6.07) is 8.49. The average molecular weight is 234 g/mol. The van der Waals surface area contributed by atoms with Crippen molar-refractivity contribution < 1.29 is 9.84 Å². The minimum Gasteiger partial charge on any atom is -0.396 e. The molecular formula is C15H22O2. The van der Waals surface area contributed by atoms with Gasteiger partial charge in [0, 0.05) is 19.1 Å². The molecule has 0 aliphatic carbocycles. The summed E-state index contributed by atoms with van der Waals surface area (Å²) in [5.41, 5.74) is 2.51. The van der Waals surface area contributed by atoms with E-state index >= 15 is 0 Å². The topological polar surface area (TPSA) is 29.5 Å². The van der Waals surface area contributed by atoms with Gasteiger partial charge in [0.1, 0.15) is 0 Å². The molecule has 1 saturated heterocycles. The Morgan fingerprint density at radius 1 is 1.35 bits per heavy atom. The van der Waals surface area contributed by atoms with E-state index in [0.29, 0.717) is 6.10 Å². The Morgan fingerprint density at radius 3 is 2.71 bits per heavy atom. The molecule has 0 bridgehead atoms. The van der Waals surface area contributed by atoms with Crippen LogP contribution in [0.1, 0.15) is 42.7 Å². The Bertz CT molecular complexity index is 325. The third-order valence-electron chi connectivity index (χ3n) is 3.63. The molecule has 1 aromatic carbocycles. The second kappa shape index (κ2) is 6.18. The van der Waals surface area contributed by atoms with Crippen molar-refractivity contribution in [3.05, 3.63) is 35.4 Å². The van der Waals surface area contributed by atoms with Gasteiger partial charge in [0.15, 0.2) is 0 Å². The summed E-state index contributed by atoms with van der Waals surface area (Å²) >= 11 is 0. The zero-order chi connectivity index (χ0) is 12.1. The molecule has 0 aromatic heterocycles. The number of rotatable bonds is 5. The zero-order valence-electron chi connectivity index (χ0n) is 10.6. The molecule has 2 heteroatoms. The van der Waals surface area contributed by atoms with Gasteiger partial charge < -0.3 is 9.84 Å². The van der Waals surface area contributed by atoms with Crippen LogP contribution in [0.25, 0.3) is 0 Å². The lowest BCUT2D eigenvalue weighted by Crippen LogP contribution is -2.10. The van der Waals surface area contributed by atoms with Gasteiger partial charge in [-0.15, -0.1) is 0 Å². The SMILES string of the molecule is Cc1ccc(C(CO)CCC2CCCO2)cc1. The second-order valence-electron chi connectivity index (χ2n) is 5.00. The quantitative estimate of drug-likeness (QED) is 0.848. The van der Waals surface area contributed by atoms with E-state index < -0.39 is 0 Å². The molecule has 1 aliphatic rings. The highest BCUT2D eigenvalue weighted by molar-refractivity contribution is 5.24. The maximum Gasteiger partial charge on any atom is 0.0576 e. The van der Waals surface area contributed by atoms with Crippen LogP contribution in [0.5, 0.6) is 0 Å². The molecule has 17 heavy (non-hydrogen) atoms. The fraction of sp³-hybridized carbons (Fsp3) is 0.600. The van der Waals surface area contributed by atoms with Gasteiger partial charge in [0.05, 0.1) is 6.10 Å². The normalized spacial score (nSPS) is 21.6. The van der Waals surface area contributed by atoms with Crippen LogP contribution in [-0.4, -0.2) is 24.4 Å². The Kier molecular flexibility index (Phi) is 4.57. The van der Waals surface area contributed by atoms with Crippen LogP contribution in [0.4, 0.5) is 0 Å². The van der Waals surface area contributed by atoms with Crippen molar-refractivity contribution in [3.8, 4) is 0 Å². The highest BCUT2D eigenvalue weighted by Crippen LogP contribution is 2.25. The van der Waals surface area contributed by atoms with Crippen molar-refractivity contribution in [3.63, 3.8) is 0 Å². The molecule has 94 valence electrons. The lowest BCUT2D eigenvalue weighted by atomic mass is 9.92. The molecular weight excluding hydrogens is 212 g/mol. The molecule has 2 atom stereocenters. The first-order valence-electron chi connectivity index (χ1n) is 6.58. The van der Waals surface area contributed by atoms with E-state index in [1.165, 1.54) is 24.0 Å². The van der Waals surface area contributed by atoms with Gasteiger partial charge in [0.2, 0.25) is 0 Å². The van der Waals surface area contributed by atoms with Gasteiger partial charge in [-0.05, 0) is 38.2 Å². The number of benzene rings is 1. The average Bonchev–Trinajstić information content (AvgIpc) is 2.85. The van der Waals surface area contributed by atoms with E-state index in [1.807, 2.05) is 0 Å². The molecule has 1 N–H and O–H groups in total. The van der Waals surface area contributed by atoms with Crippen molar-refractivity contribution in [2.45, 2.75) is 44.6 Å². The molecule has 0 radical (unpaired) electrons. The monoisotopic (exact) mass is 234 g/mol. The first-order valence-corrected chi connectivity index (χ1v) is 6.58. The van der Waals surface area contributed by atoms with Crippen LogP contribution >= 0.6 is 0 Å². The van der Waals surface area contributed by atoms with Crippen LogP contribution < -0.4 is 0 Å². The van der Waals surface area contributed by atoms with Crippen molar-refractivity contribution >= 4 is 0 Å². The summed E-state index contributed by atoms with van der Waals surface area (Å²) in [4.78, 5) is 0. The van der Waals surface area contributed by atoms with Gasteiger partial charge in [-0.25, -0.2) is 0 Å². The fourth-order valence-electron chi connectivity index (χ4n) is 2.46. The Balaban J connectivity index is 1.89. The molecule has 0 spiro atoms. The van der Waals surface area contributed by atoms with E-state index in [9.17, 15) is 5.11 Å². The second-order valence-corrected chi connectivity index (χ2v) is 5.00. The summed E-state index contributed by atoms with van der Waals surface area (Å²) in [5, 5.41) is 9.48. The summed E-state index contributed by atoms with van der Waals surface area (Å²) < 4.78 is 5.62. The molecule has 1 aliphatic heterocycles. The third-order valence-corrected chi connectivity index (χ3v) is 3.63. The number of aliphatic hydroxyl groups excluding tert-OH is 1. The smallest absolute Gasteiger partial charge is 0.0576 e. The summed E-state index contributed by atoms with van der Waals surface area (Å²) in [7, 11) is 0. The summed E-state index contributed by atoms with van der Waals surface area (Å²) in [5.74, 6) is 0.264. The first-order chi connectivity index (χ1) is 8.29. The third kappa shape index (κ3) is 3.55. The standard InChI is InChI=1S/C15H22O2/c1-12-4-6-13(7-5-12)14(11-16)8-9-15-3-2-10-17-15/h4-7,14-16H,2-3,8-11H2,1H3. The molecule has 0 amide bonds. The number of aliphatic hydroxyl groups is 1. The van der Waals surface area contributed by atoms with Gasteiger partial charge in [-0.1, -0.05) is 29.8 Å². The molecule has 1 aromatic rings. The predicted molar refractivity (Wildman–Crippen MR) is 69.2 cm³/mol. The van der Waals surface area contributed by atoms with Crippen LogP contribution in [0, 0.1) is 6.92 Å². The summed E-state index contributed by atoms with van der Waals surface area (Å²) in [6.45, 7) is 3.23. The highest BCUT2D eigenvalue weighted by Gasteiger charge is 2.18. The Morgan fingerprint density at radius 2 is 2.12 bits per heavy atom. The predicted octanol–water partition coefficient (Wildman–Crippen LogP) is 3.03. The minimum atomic E-state index is 0.232. The molecule has 1 heterocycles. The maximum atomic E-state index is 9.48. The van der Waals surface area contributed by atoms with Crippen molar-refractivity contribution in [1.29, 1.82) is 0 Å². The van der Waals surface area contributed by atoms with Crippen LogP contribution in [0.15, 0.2) is 24.3 Å². The summed E-state index contributed by atoms with van der Waals surface area (Å²) in [6.07, 6.45) is 4.89. The van der Waals surface area contributed by atoms with Crippen molar-refractivity contribution in [2.24, 2.45) is 0 Å². The molecule has 1 fully saturated rings. The number of hydrogen-bond donors (Lipinski definition) is 1. The van der Waals surface area contributed by atoms with E-state index in [4.69, 9.17) is 4.74 Å².